The smallest absolute Gasteiger partial charge is 0.246 e. The topological polar surface area (TPSA) is 129 Å². The van der Waals surface area contributed by atoms with Gasteiger partial charge in [-0.2, -0.15) is 21.0 Å². The van der Waals surface area contributed by atoms with Crippen LogP contribution in [0.4, 0.5) is 0 Å². The maximum absolute atomic E-state index is 11.3. The number of carbonyl (C=O) groups excluding carboxylic acids is 2. The minimum Gasteiger partial charge on any atom is -0.284 e. The summed E-state index contributed by atoms with van der Waals surface area (Å²) in [5.41, 5.74) is -2.43. The zero-order valence-corrected chi connectivity index (χ0v) is 7.61. The van der Waals surface area contributed by atoms with E-state index in [-0.39, 0.29) is 0 Å². The van der Waals surface area contributed by atoms with Gasteiger partial charge in [0.15, 0.2) is 0 Å². The van der Waals surface area contributed by atoms with Crippen LogP contribution >= 0.6 is 0 Å². The first-order valence-corrected chi connectivity index (χ1v) is 3.80. The number of rotatable bonds is 0. The maximum Gasteiger partial charge on any atom is 0.246 e. The largest absolute Gasteiger partial charge is 0.284 e. The summed E-state index contributed by atoms with van der Waals surface area (Å²) in [5, 5.41) is 34.6. The summed E-state index contributed by atoms with van der Waals surface area (Å²) < 4.78 is 0. The van der Waals surface area contributed by atoms with Gasteiger partial charge in [0.25, 0.3) is 0 Å². The van der Waals surface area contributed by atoms with E-state index in [9.17, 15) is 9.59 Å². The summed E-state index contributed by atoms with van der Waals surface area (Å²) in [7, 11) is 0. The van der Waals surface area contributed by atoms with Gasteiger partial charge in [-0.25, -0.2) is 0 Å². The fraction of sp³-hybridized carbons (Fsp3) is 0. The van der Waals surface area contributed by atoms with E-state index < -0.39 is 33.9 Å². The fourth-order valence-electron chi connectivity index (χ4n) is 1.14. The highest BCUT2D eigenvalue weighted by Gasteiger charge is 2.35. The third-order valence-electron chi connectivity index (χ3n) is 1.86. The highest BCUT2D eigenvalue weighted by Crippen LogP contribution is 2.24. The third kappa shape index (κ3) is 1.24. The van der Waals surface area contributed by atoms with Crippen LogP contribution in [-0.4, -0.2) is 11.6 Å². The molecule has 0 fully saturated rings. The van der Waals surface area contributed by atoms with Crippen LogP contribution in [0, 0.1) is 45.3 Å². The Labute approximate surface area is 89.5 Å². The van der Waals surface area contributed by atoms with Gasteiger partial charge >= 0.3 is 0 Å². The molecule has 6 nitrogen and oxygen atoms in total. The molecule has 72 valence electrons. The van der Waals surface area contributed by atoms with Crippen molar-refractivity contribution in [2.75, 3.05) is 0 Å². The van der Waals surface area contributed by atoms with Crippen molar-refractivity contribution in [1.29, 1.82) is 21.0 Å². The molecule has 0 N–H and O–H groups in total. The van der Waals surface area contributed by atoms with Gasteiger partial charge < -0.3 is 0 Å². The van der Waals surface area contributed by atoms with Crippen molar-refractivity contribution in [2.24, 2.45) is 0 Å². The van der Waals surface area contributed by atoms with Gasteiger partial charge in [-0.3, -0.25) is 9.59 Å². The Morgan fingerprint density at radius 2 is 0.812 bits per heavy atom. The summed E-state index contributed by atoms with van der Waals surface area (Å²) in [6.45, 7) is 0. The molecular weight excluding hydrogens is 208 g/mol. The van der Waals surface area contributed by atoms with Gasteiger partial charge in [0, 0.05) is 0 Å². The van der Waals surface area contributed by atoms with Gasteiger partial charge in [-0.15, -0.1) is 0 Å². The highest BCUT2D eigenvalue weighted by atomic mass is 16.2. The zero-order chi connectivity index (χ0) is 12.3. The molecule has 0 aromatic heterocycles. The van der Waals surface area contributed by atoms with Gasteiger partial charge in [-0.05, 0) is 0 Å². The van der Waals surface area contributed by atoms with Crippen LogP contribution in [-0.2, 0) is 9.59 Å². The van der Waals surface area contributed by atoms with Crippen molar-refractivity contribution in [3.05, 3.63) is 22.3 Å². The predicted octanol–water partition coefficient (Wildman–Crippen LogP) is -0.174. The molecule has 0 saturated heterocycles. The van der Waals surface area contributed by atoms with Crippen molar-refractivity contribution in [3.63, 3.8) is 0 Å². The second-order valence-electron chi connectivity index (χ2n) is 2.61. The average molecular weight is 208 g/mol. The molecule has 1 aliphatic carbocycles. The quantitative estimate of drug-likeness (QED) is 0.401. The van der Waals surface area contributed by atoms with Crippen LogP contribution in [0.25, 0.3) is 0 Å². The first kappa shape index (κ1) is 10.9. The van der Waals surface area contributed by atoms with Gasteiger partial charge in [0.2, 0.25) is 11.6 Å². The number of Topliss-reactive ketones (excluding diaryl/α,β-unsaturated/α-hetero) is 2. The van der Waals surface area contributed by atoms with E-state index in [4.69, 9.17) is 21.0 Å². The molecular formula is C10N4O2. The molecule has 0 bridgehead atoms. The summed E-state index contributed by atoms with van der Waals surface area (Å²) >= 11 is 0. The first-order valence-electron chi connectivity index (χ1n) is 3.80. The van der Waals surface area contributed by atoms with Crippen molar-refractivity contribution < 1.29 is 9.59 Å². The third-order valence-corrected chi connectivity index (χ3v) is 1.86. The molecule has 16 heavy (non-hydrogen) atoms. The number of nitriles is 4. The molecule has 1 rings (SSSR count). The number of hydrogen-bond acceptors (Lipinski definition) is 6. The van der Waals surface area contributed by atoms with Gasteiger partial charge in [0.1, 0.15) is 35.4 Å². The molecule has 0 heterocycles. The fourth-order valence-corrected chi connectivity index (χ4v) is 1.14. The minimum absolute atomic E-state index is 0.522. The molecule has 0 atom stereocenters. The SMILES string of the molecule is N#CC1=C(C#N)C(C#N)=C(C#N)C(=O)C1=O. The molecule has 0 unspecified atom stereocenters. The van der Waals surface area contributed by atoms with Crippen molar-refractivity contribution >= 4 is 11.6 Å². The number of allylic oxidation sites excluding steroid dienone is 4. The molecule has 0 radical (unpaired) electrons. The molecule has 0 aromatic carbocycles. The van der Waals surface area contributed by atoms with Crippen molar-refractivity contribution in [3.8, 4) is 24.3 Å². The van der Waals surface area contributed by atoms with E-state index in [1.807, 2.05) is 0 Å². The molecule has 0 saturated carbocycles. The molecule has 0 aliphatic heterocycles. The highest BCUT2D eigenvalue weighted by molar-refractivity contribution is 6.52. The van der Waals surface area contributed by atoms with Crippen LogP contribution in [0.15, 0.2) is 22.3 Å². The van der Waals surface area contributed by atoms with Crippen LogP contribution in [0.2, 0.25) is 0 Å². The Kier molecular flexibility index (Phi) is 2.63. The summed E-state index contributed by atoms with van der Waals surface area (Å²) in [5.74, 6) is -2.45. The second kappa shape index (κ2) is 3.88. The lowest BCUT2D eigenvalue weighted by Crippen LogP contribution is -2.24. The standard InChI is InChI=1S/C10N4O2/c11-1-5-6(2-12)8(4-14)10(16)9(15)7(5)3-13. The zero-order valence-electron chi connectivity index (χ0n) is 7.61. The Hall–Kier alpha value is -3.22. The van der Waals surface area contributed by atoms with E-state index in [2.05, 4.69) is 0 Å². The first-order chi connectivity index (χ1) is 7.62. The molecule has 0 amide bonds. The van der Waals surface area contributed by atoms with E-state index in [1.54, 1.807) is 0 Å². The molecule has 1 aliphatic rings. The lowest BCUT2D eigenvalue weighted by molar-refractivity contribution is -0.131. The van der Waals surface area contributed by atoms with E-state index in [0.717, 1.165) is 0 Å². The number of hydrogen-bond donors (Lipinski definition) is 0. The number of carbonyl (C=O) groups is 2. The normalized spacial score (nSPS) is 15.0. The molecule has 6 heteroatoms. The van der Waals surface area contributed by atoms with Gasteiger partial charge in [-0.1, -0.05) is 0 Å². The van der Waals surface area contributed by atoms with Crippen LogP contribution < -0.4 is 0 Å². The maximum atomic E-state index is 11.3. The minimum atomic E-state index is -1.23. The Bertz CT molecular complexity index is 580. The van der Waals surface area contributed by atoms with Crippen molar-refractivity contribution in [2.45, 2.75) is 0 Å². The molecule has 0 aromatic rings. The van der Waals surface area contributed by atoms with Crippen LogP contribution in [0.3, 0.4) is 0 Å². The number of nitrogens with zero attached hydrogens (tertiary/aromatic N) is 4. The van der Waals surface area contributed by atoms with E-state index in [1.165, 1.54) is 24.3 Å². The lowest BCUT2D eigenvalue weighted by Gasteiger charge is -2.08. The number of ketones is 2. The van der Waals surface area contributed by atoms with Crippen molar-refractivity contribution in [1.82, 2.24) is 0 Å². The summed E-state index contributed by atoms with van der Waals surface area (Å²) in [6, 6.07) is 5.72. The lowest BCUT2D eigenvalue weighted by atomic mass is 9.86. The van der Waals surface area contributed by atoms with E-state index >= 15 is 0 Å². The molecule has 0 spiro atoms. The van der Waals surface area contributed by atoms with Crippen LogP contribution in [0.5, 0.6) is 0 Å². The van der Waals surface area contributed by atoms with E-state index in [0.29, 0.717) is 0 Å². The van der Waals surface area contributed by atoms with Gasteiger partial charge in [0.05, 0.1) is 11.1 Å². The summed E-state index contributed by atoms with van der Waals surface area (Å²) in [6.07, 6.45) is 0. The summed E-state index contributed by atoms with van der Waals surface area (Å²) in [4.78, 5) is 22.6. The second-order valence-corrected chi connectivity index (χ2v) is 2.61. The van der Waals surface area contributed by atoms with Crippen LogP contribution in [0.1, 0.15) is 0 Å². The Morgan fingerprint density at radius 1 is 0.562 bits per heavy atom. The average Bonchev–Trinajstić information content (AvgIpc) is 2.31. The Balaban J connectivity index is 3.79. The monoisotopic (exact) mass is 208 g/mol. The Morgan fingerprint density at radius 3 is 1.00 bits per heavy atom. The predicted molar refractivity (Wildman–Crippen MR) is 46.5 cm³/mol.